The van der Waals surface area contributed by atoms with Gasteiger partial charge in [0.25, 0.3) is 0 Å². The molecule has 1 saturated heterocycles. The number of benzene rings is 2. The smallest absolute Gasteiger partial charge is 0.340 e. The lowest BCUT2D eigenvalue weighted by Crippen LogP contribution is -2.52. The van der Waals surface area contributed by atoms with Crippen LogP contribution in [0.15, 0.2) is 42.5 Å². The van der Waals surface area contributed by atoms with Crippen molar-refractivity contribution in [3.63, 3.8) is 0 Å². The zero-order chi connectivity index (χ0) is 18.1. The summed E-state index contributed by atoms with van der Waals surface area (Å²) in [6, 6.07) is 14.4. The largest absolute Gasteiger partial charge is 0.446 e. The molecule has 2 aromatic rings. The van der Waals surface area contributed by atoms with Crippen molar-refractivity contribution in [2.45, 2.75) is 25.3 Å². The van der Waals surface area contributed by atoms with E-state index in [1.54, 1.807) is 0 Å². The third kappa shape index (κ3) is 4.80. The third-order valence-corrected chi connectivity index (χ3v) is 6.11. The predicted octanol–water partition coefficient (Wildman–Crippen LogP) is 4.46. The average molecular weight is 425 g/mol. The molecule has 2 aromatic carbocycles. The van der Waals surface area contributed by atoms with Crippen LogP contribution >= 0.6 is 24.8 Å². The Morgan fingerprint density at radius 3 is 2.61 bits per heavy atom. The minimum Gasteiger partial charge on any atom is -0.446 e. The van der Waals surface area contributed by atoms with E-state index < -0.39 is 0 Å². The summed E-state index contributed by atoms with van der Waals surface area (Å²) in [6.07, 6.45) is 3.90. The van der Waals surface area contributed by atoms with Gasteiger partial charge >= 0.3 is 5.97 Å². The molecule has 4 rings (SSSR count). The lowest BCUT2D eigenvalue weighted by atomic mass is 9.74. The van der Waals surface area contributed by atoms with Crippen LogP contribution in [-0.2, 0) is 4.74 Å². The number of esters is 1. The first-order valence-electron chi connectivity index (χ1n) is 9.65. The number of fused-ring (bicyclic) bond motifs is 3. The van der Waals surface area contributed by atoms with Crippen LogP contribution < -0.4 is 0 Å². The zero-order valence-electron chi connectivity index (χ0n) is 16.5. The first kappa shape index (κ1) is 23.0. The summed E-state index contributed by atoms with van der Waals surface area (Å²) in [6.45, 7) is 2.48. The maximum Gasteiger partial charge on any atom is 0.340 e. The molecule has 0 spiro atoms. The number of halogens is 2. The standard InChI is InChI=1S/C22H28N2O2.2ClH/c1-23(2)21-11-10-16-12-18(21)14-24(13-16)15-26-22(25)20-9-5-7-17-6-3-4-8-19(17)20;;/h3-9,16,18,21H,10-15H2,1-2H3;2*1H/t16?,18?,21-;;/m1../s1. The van der Waals surface area contributed by atoms with Gasteiger partial charge in [-0.1, -0.05) is 36.4 Å². The molecule has 1 aliphatic heterocycles. The first-order valence-corrected chi connectivity index (χ1v) is 9.65. The molecule has 0 aromatic heterocycles. The minimum atomic E-state index is -0.221. The van der Waals surface area contributed by atoms with Crippen molar-refractivity contribution in [3.05, 3.63) is 48.0 Å². The first-order chi connectivity index (χ1) is 12.6. The van der Waals surface area contributed by atoms with Gasteiger partial charge in [-0.3, -0.25) is 4.90 Å². The van der Waals surface area contributed by atoms with E-state index in [4.69, 9.17) is 4.74 Å². The topological polar surface area (TPSA) is 32.8 Å². The molecule has 2 bridgehead atoms. The van der Waals surface area contributed by atoms with Crippen LogP contribution in [0.2, 0.25) is 0 Å². The summed E-state index contributed by atoms with van der Waals surface area (Å²) in [7, 11) is 4.37. The van der Waals surface area contributed by atoms with E-state index >= 15 is 0 Å². The Hall–Kier alpha value is -1.33. The highest BCUT2D eigenvalue weighted by molar-refractivity contribution is 6.04. The molecular formula is C22H30Cl2N2O2. The van der Waals surface area contributed by atoms with Gasteiger partial charge in [0.05, 0.1) is 5.56 Å². The molecule has 2 aliphatic rings. The van der Waals surface area contributed by atoms with Crippen molar-refractivity contribution in [2.24, 2.45) is 11.8 Å². The van der Waals surface area contributed by atoms with E-state index in [0.717, 1.165) is 29.8 Å². The van der Waals surface area contributed by atoms with Gasteiger partial charge in [0, 0.05) is 19.1 Å². The number of carbonyl (C=O) groups is 1. The Labute approximate surface area is 180 Å². The third-order valence-electron chi connectivity index (χ3n) is 6.11. The maximum atomic E-state index is 12.7. The summed E-state index contributed by atoms with van der Waals surface area (Å²) in [4.78, 5) is 17.4. The quantitative estimate of drug-likeness (QED) is 0.678. The molecule has 6 heteroatoms. The van der Waals surface area contributed by atoms with Gasteiger partial charge in [-0.25, -0.2) is 4.79 Å². The average Bonchev–Trinajstić information content (AvgIpc) is 2.65. The van der Waals surface area contributed by atoms with Crippen molar-refractivity contribution in [1.29, 1.82) is 0 Å². The van der Waals surface area contributed by atoms with E-state index in [1.807, 2.05) is 42.5 Å². The molecule has 0 amide bonds. The molecule has 4 nitrogen and oxygen atoms in total. The summed E-state index contributed by atoms with van der Waals surface area (Å²) >= 11 is 0. The molecule has 1 heterocycles. The van der Waals surface area contributed by atoms with Crippen LogP contribution in [0, 0.1) is 11.8 Å². The van der Waals surface area contributed by atoms with Crippen LogP contribution in [0.3, 0.4) is 0 Å². The Bertz CT molecular complexity index is 794. The lowest BCUT2D eigenvalue weighted by molar-refractivity contribution is -0.0263. The van der Waals surface area contributed by atoms with Gasteiger partial charge < -0.3 is 9.64 Å². The van der Waals surface area contributed by atoms with Crippen molar-refractivity contribution < 1.29 is 9.53 Å². The predicted molar refractivity (Wildman–Crippen MR) is 119 cm³/mol. The number of hydrogen-bond acceptors (Lipinski definition) is 4. The van der Waals surface area contributed by atoms with E-state index in [-0.39, 0.29) is 30.8 Å². The fourth-order valence-corrected chi connectivity index (χ4v) is 4.89. The number of piperidine rings is 1. The highest BCUT2D eigenvalue weighted by Gasteiger charge is 2.37. The number of hydrogen-bond donors (Lipinski definition) is 0. The molecular weight excluding hydrogens is 395 g/mol. The fourth-order valence-electron chi connectivity index (χ4n) is 4.89. The van der Waals surface area contributed by atoms with E-state index in [1.165, 1.54) is 19.3 Å². The number of carbonyl (C=O) groups excluding carboxylic acids is 1. The Morgan fingerprint density at radius 2 is 1.82 bits per heavy atom. The summed E-state index contributed by atoms with van der Waals surface area (Å²) < 4.78 is 5.71. The summed E-state index contributed by atoms with van der Waals surface area (Å²) in [5.74, 6) is 1.22. The number of likely N-dealkylation sites (tertiary alicyclic amines) is 1. The fraction of sp³-hybridized carbons (Fsp3) is 0.500. The highest BCUT2D eigenvalue weighted by Crippen LogP contribution is 2.36. The molecule has 1 aliphatic carbocycles. The molecule has 0 N–H and O–H groups in total. The van der Waals surface area contributed by atoms with Crippen LogP contribution in [-0.4, -0.2) is 55.7 Å². The molecule has 0 radical (unpaired) electrons. The minimum absolute atomic E-state index is 0. The monoisotopic (exact) mass is 424 g/mol. The van der Waals surface area contributed by atoms with E-state index in [2.05, 4.69) is 23.9 Å². The van der Waals surface area contributed by atoms with Gasteiger partial charge in [0.1, 0.15) is 6.73 Å². The summed E-state index contributed by atoms with van der Waals surface area (Å²) in [5, 5.41) is 2.03. The van der Waals surface area contributed by atoms with Crippen LogP contribution in [0.1, 0.15) is 29.6 Å². The molecule has 2 fully saturated rings. The van der Waals surface area contributed by atoms with E-state index in [0.29, 0.717) is 24.3 Å². The van der Waals surface area contributed by atoms with Gasteiger partial charge in [0.15, 0.2) is 0 Å². The van der Waals surface area contributed by atoms with Crippen LogP contribution in [0.4, 0.5) is 0 Å². The Balaban J connectivity index is 0.00000140. The summed E-state index contributed by atoms with van der Waals surface area (Å²) in [5.41, 5.74) is 0.659. The highest BCUT2D eigenvalue weighted by atomic mass is 35.5. The van der Waals surface area contributed by atoms with Crippen LogP contribution in [0.25, 0.3) is 10.8 Å². The molecule has 1 saturated carbocycles. The second-order valence-electron chi connectivity index (χ2n) is 8.09. The molecule has 3 atom stereocenters. The second-order valence-corrected chi connectivity index (χ2v) is 8.09. The van der Waals surface area contributed by atoms with E-state index in [9.17, 15) is 4.79 Å². The van der Waals surface area contributed by atoms with Crippen molar-refractivity contribution in [2.75, 3.05) is 33.9 Å². The molecule has 154 valence electrons. The van der Waals surface area contributed by atoms with Crippen molar-refractivity contribution in [1.82, 2.24) is 9.80 Å². The van der Waals surface area contributed by atoms with Gasteiger partial charge in [0.2, 0.25) is 0 Å². The van der Waals surface area contributed by atoms with Crippen molar-refractivity contribution in [3.8, 4) is 0 Å². The second kappa shape index (κ2) is 9.93. The maximum absolute atomic E-state index is 12.7. The number of nitrogens with zero attached hydrogens (tertiary/aromatic N) is 2. The normalized spacial score (nSPS) is 24.3. The van der Waals surface area contributed by atoms with Crippen LogP contribution in [0.5, 0.6) is 0 Å². The number of ether oxygens (including phenoxy) is 1. The Kier molecular flexibility index (Phi) is 8.14. The zero-order valence-corrected chi connectivity index (χ0v) is 18.2. The molecule has 2 unspecified atom stereocenters. The SMILES string of the molecule is CN(C)[C@@H]1CCC2CC1CN(COC(=O)c1cccc3ccccc13)C2.Cl.Cl. The van der Waals surface area contributed by atoms with Crippen molar-refractivity contribution >= 4 is 41.6 Å². The Morgan fingerprint density at radius 1 is 1.07 bits per heavy atom. The molecule has 28 heavy (non-hydrogen) atoms. The van der Waals surface area contributed by atoms with Gasteiger partial charge in [-0.05, 0) is 62.0 Å². The van der Waals surface area contributed by atoms with Gasteiger partial charge in [-0.15, -0.1) is 24.8 Å². The lowest BCUT2D eigenvalue weighted by Gasteiger charge is -2.47. The van der Waals surface area contributed by atoms with Gasteiger partial charge in [-0.2, -0.15) is 0 Å². The number of rotatable bonds is 4.